The van der Waals surface area contributed by atoms with Crippen LogP contribution in [0, 0.1) is 17.5 Å². The normalized spacial score (nSPS) is 17.5. The van der Waals surface area contributed by atoms with Crippen LogP contribution in [-0.4, -0.2) is 31.7 Å². The maximum absolute atomic E-state index is 14.4. The second kappa shape index (κ2) is 6.29. The van der Waals surface area contributed by atoms with Crippen molar-refractivity contribution in [2.24, 2.45) is 0 Å². The van der Waals surface area contributed by atoms with Gasteiger partial charge in [0.05, 0.1) is 6.54 Å². The van der Waals surface area contributed by atoms with E-state index in [0.717, 1.165) is 11.6 Å². The smallest absolute Gasteiger partial charge is 0.173 e. The summed E-state index contributed by atoms with van der Waals surface area (Å²) in [6, 6.07) is 9.60. The molecule has 1 unspecified atom stereocenters. The van der Waals surface area contributed by atoms with Crippen molar-refractivity contribution >= 4 is 0 Å². The van der Waals surface area contributed by atoms with Crippen LogP contribution in [0.15, 0.2) is 42.5 Å². The lowest BCUT2D eigenvalue weighted by atomic mass is 10.0. The Hall–Kier alpha value is -2.74. The first kappa shape index (κ1) is 15.8. The van der Waals surface area contributed by atoms with Crippen LogP contribution in [0.1, 0.15) is 23.0 Å². The predicted molar refractivity (Wildman–Crippen MR) is 82.8 cm³/mol. The van der Waals surface area contributed by atoms with E-state index in [1.165, 1.54) is 24.3 Å². The van der Waals surface area contributed by atoms with Crippen LogP contribution in [0.2, 0.25) is 0 Å². The first-order valence-electron chi connectivity index (χ1n) is 7.82. The third kappa shape index (κ3) is 2.89. The minimum absolute atomic E-state index is 0.159. The Labute approximate surface area is 141 Å². The highest BCUT2D eigenvalue weighted by molar-refractivity contribution is 5.29. The Morgan fingerprint density at radius 1 is 1.04 bits per heavy atom. The zero-order valence-electron chi connectivity index (χ0n) is 13.1. The van der Waals surface area contributed by atoms with E-state index in [2.05, 4.69) is 15.5 Å². The Balaban J connectivity index is 1.76. The zero-order chi connectivity index (χ0) is 17.4. The van der Waals surface area contributed by atoms with Crippen LogP contribution < -0.4 is 0 Å². The van der Waals surface area contributed by atoms with Gasteiger partial charge in [-0.25, -0.2) is 17.9 Å². The summed E-state index contributed by atoms with van der Waals surface area (Å²) in [5.74, 6) is -1.75. The van der Waals surface area contributed by atoms with Crippen molar-refractivity contribution in [3.8, 4) is 0 Å². The monoisotopic (exact) mass is 345 g/mol. The van der Waals surface area contributed by atoms with Crippen molar-refractivity contribution in [2.75, 3.05) is 6.54 Å². The van der Waals surface area contributed by atoms with Crippen molar-refractivity contribution in [3.63, 3.8) is 0 Å². The number of aromatic nitrogens is 4. The van der Waals surface area contributed by atoms with Crippen LogP contribution >= 0.6 is 0 Å². The van der Waals surface area contributed by atoms with Crippen molar-refractivity contribution in [1.29, 1.82) is 0 Å². The number of benzene rings is 2. The first-order valence-corrected chi connectivity index (χ1v) is 7.82. The summed E-state index contributed by atoms with van der Waals surface area (Å²) in [6.07, 6.45) is 0. The van der Waals surface area contributed by atoms with Gasteiger partial charge in [-0.15, -0.1) is 5.10 Å². The topological polar surface area (TPSA) is 46.8 Å². The molecule has 4 rings (SSSR count). The van der Waals surface area contributed by atoms with Crippen LogP contribution in [0.4, 0.5) is 13.2 Å². The van der Waals surface area contributed by atoms with E-state index in [1.54, 1.807) is 16.8 Å². The summed E-state index contributed by atoms with van der Waals surface area (Å²) in [4.78, 5) is 1.92. The van der Waals surface area contributed by atoms with E-state index in [0.29, 0.717) is 25.5 Å². The fraction of sp³-hybridized carbons (Fsp3) is 0.235. The highest BCUT2D eigenvalue weighted by atomic mass is 19.2. The fourth-order valence-corrected chi connectivity index (χ4v) is 3.19. The minimum Gasteiger partial charge on any atom is -0.283 e. The number of hydrogen-bond donors (Lipinski definition) is 0. The van der Waals surface area contributed by atoms with Gasteiger partial charge in [0, 0.05) is 18.7 Å². The second-order valence-corrected chi connectivity index (χ2v) is 5.91. The molecule has 0 radical (unpaired) electrons. The molecule has 3 aromatic rings. The molecular formula is C17H14F3N5. The molecule has 0 spiro atoms. The van der Waals surface area contributed by atoms with E-state index in [-0.39, 0.29) is 11.4 Å². The molecule has 8 heteroatoms. The number of nitrogens with zero attached hydrogens (tertiary/aromatic N) is 5. The molecule has 1 aliphatic heterocycles. The van der Waals surface area contributed by atoms with E-state index < -0.39 is 17.7 Å². The maximum atomic E-state index is 14.4. The third-order valence-corrected chi connectivity index (χ3v) is 4.32. The minimum atomic E-state index is -0.923. The lowest BCUT2D eigenvalue weighted by Gasteiger charge is -2.35. The highest BCUT2D eigenvalue weighted by Gasteiger charge is 2.34. The van der Waals surface area contributed by atoms with Crippen molar-refractivity contribution in [3.05, 3.63) is 76.9 Å². The standard InChI is InChI=1S/C17H14F3N5/c18-12-4-1-3-11(9-12)10-24-7-8-25-17(21-22-23-25)16(24)13-5-2-6-14(19)15(13)20/h1-6,9,16H,7-8,10H2. The fourth-order valence-electron chi connectivity index (χ4n) is 3.19. The number of tetrazole rings is 1. The molecule has 1 aromatic heterocycles. The summed E-state index contributed by atoms with van der Waals surface area (Å²) >= 11 is 0. The Morgan fingerprint density at radius 3 is 2.72 bits per heavy atom. The molecule has 0 N–H and O–H groups in total. The molecule has 128 valence electrons. The molecule has 5 nitrogen and oxygen atoms in total. The van der Waals surface area contributed by atoms with Gasteiger partial charge in [0.15, 0.2) is 17.5 Å². The predicted octanol–water partition coefficient (Wildman–Crippen LogP) is 2.70. The van der Waals surface area contributed by atoms with Gasteiger partial charge in [0.2, 0.25) is 0 Å². The van der Waals surface area contributed by atoms with Crippen LogP contribution in [0.3, 0.4) is 0 Å². The lowest BCUT2D eigenvalue weighted by molar-refractivity contribution is 0.160. The maximum Gasteiger partial charge on any atom is 0.173 e. The SMILES string of the molecule is Fc1cccc(CN2CCn3nnnc3C2c2cccc(F)c2F)c1. The van der Waals surface area contributed by atoms with Gasteiger partial charge >= 0.3 is 0 Å². The summed E-state index contributed by atoms with van der Waals surface area (Å²) in [6.45, 7) is 1.41. The number of halogens is 3. The quantitative estimate of drug-likeness (QED) is 0.732. The van der Waals surface area contributed by atoms with Crippen LogP contribution in [0.5, 0.6) is 0 Å². The molecule has 25 heavy (non-hydrogen) atoms. The number of rotatable bonds is 3. The van der Waals surface area contributed by atoms with Crippen LogP contribution in [-0.2, 0) is 13.1 Å². The first-order chi connectivity index (χ1) is 12.1. The molecular weight excluding hydrogens is 331 g/mol. The largest absolute Gasteiger partial charge is 0.283 e. The van der Waals surface area contributed by atoms with Gasteiger partial charge in [0.1, 0.15) is 11.9 Å². The molecule has 0 bridgehead atoms. The van der Waals surface area contributed by atoms with Gasteiger partial charge in [0.25, 0.3) is 0 Å². The second-order valence-electron chi connectivity index (χ2n) is 5.91. The molecule has 0 saturated heterocycles. The molecule has 0 fully saturated rings. The van der Waals surface area contributed by atoms with Gasteiger partial charge in [-0.2, -0.15) is 0 Å². The highest BCUT2D eigenvalue weighted by Crippen LogP contribution is 2.33. The molecule has 0 saturated carbocycles. The molecule has 0 amide bonds. The summed E-state index contributed by atoms with van der Waals surface area (Å²) in [7, 11) is 0. The zero-order valence-corrected chi connectivity index (χ0v) is 13.1. The molecule has 1 atom stereocenters. The average Bonchev–Trinajstić information content (AvgIpc) is 3.06. The van der Waals surface area contributed by atoms with Gasteiger partial charge in [-0.3, -0.25) is 4.90 Å². The van der Waals surface area contributed by atoms with Crippen molar-refractivity contribution < 1.29 is 13.2 Å². The van der Waals surface area contributed by atoms with E-state index in [1.807, 2.05) is 4.90 Å². The summed E-state index contributed by atoms with van der Waals surface area (Å²) in [5.41, 5.74) is 0.898. The molecule has 2 aromatic carbocycles. The lowest BCUT2D eigenvalue weighted by Crippen LogP contribution is -2.39. The average molecular weight is 345 g/mol. The van der Waals surface area contributed by atoms with Crippen LogP contribution in [0.25, 0.3) is 0 Å². The summed E-state index contributed by atoms with van der Waals surface area (Å²) < 4.78 is 43.2. The summed E-state index contributed by atoms with van der Waals surface area (Å²) in [5, 5.41) is 11.5. The Morgan fingerprint density at radius 2 is 1.88 bits per heavy atom. The molecule has 0 aliphatic carbocycles. The van der Waals surface area contributed by atoms with E-state index in [4.69, 9.17) is 0 Å². The van der Waals surface area contributed by atoms with E-state index in [9.17, 15) is 13.2 Å². The van der Waals surface area contributed by atoms with Gasteiger partial charge in [-0.05, 0) is 34.2 Å². The number of fused-ring (bicyclic) bond motifs is 1. The van der Waals surface area contributed by atoms with Crippen molar-refractivity contribution in [1.82, 2.24) is 25.1 Å². The Kier molecular flexibility index (Phi) is 3.96. The third-order valence-electron chi connectivity index (χ3n) is 4.32. The van der Waals surface area contributed by atoms with Crippen molar-refractivity contribution in [2.45, 2.75) is 19.1 Å². The molecule has 2 heterocycles. The number of hydrogen-bond acceptors (Lipinski definition) is 4. The molecule has 1 aliphatic rings. The Bertz CT molecular complexity index is 911. The van der Waals surface area contributed by atoms with Gasteiger partial charge < -0.3 is 0 Å². The van der Waals surface area contributed by atoms with E-state index >= 15 is 0 Å². The van der Waals surface area contributed by atoms with Gasteiger partial charge in [-0.1, -0.05) is 24.3 Å².